The zero-order valence-electron chi connectivity index (χ0n) is 17.9. The monoisotopic (exact) mass is 484 g/mol. The molecule has 0 atom stereocenters. The van der Waals surface area contributed by atoms with Crippen LogP contribution in [0.1, 0.15) is 5.56 Å². The Morgan fingerprint density at radius 1 is 1.21 bits per heavy atom. The summed E-state index contributed by atoms with van der Waals surface area (Å²) in [5.41, 5.74) is 8.52. The Labute approximate surface area is 199 Å². The van der Waals surface area contributed by atoms with Gasteiger partial charge in [-0.15, -0.1) is 11.8 Å². The topological polar surface area (TPSA) is 121 Å². The van der Waals surface area contributed by atoms with Gasteiger partial charge in [-0.2, -0.15) is 10.1 Å². The average Bonchev–Trinajstić information content (AvgIpc) is 3.43. The van der Waals surface area contributed by atoms with Crippen molar-refractivity contribution in [2.45, 2.75) is 18.1 Å². The number of nitrogens with two attached hydrogens (primary N) is 1. The number of hydrogen-bond acceptors (Lipinski definition) is 8. The highest BCUT2D eigenvalue weighted by molar-refractivity contribution is 7.98. The van der Waals surface area contributed by atoms with Crippen LogP contribution < -0.4 is 15.8 Å². The Kier molecular flexibility index (Phi) is 6.85. The molecule has 170 valence electrons. The van der Waals surface area contributed by atoms with E-state index in [1.807, 2.05) is 42.7 Å². The summed E-state index contributed by atoms with van der Waals surface area (Å²) in [5.74, 6) is 1.41. The maximum atomic E-state index is 12.5. The molecule has 33 heavy (non-hydrogen) atoms. The van der Waals surface area contributed by atoms with E-state index in [1.54, 1.807) is 19.2 Å². The van der Waals surface area contributed by atoms with Crippen LogP contribution in [-0.2, 0) is 17.9 Å². The summed E-state index contributed by atoms with van der Waals surface area (Å²) < 4.78 is 12.1. The number of carbonyl (C=O) groups excluding carboxylic acids is 1. The lowest BCUT2D eigenvalue weighted by atomic mass is 10.2. The molecule has 11 heteroatoms. The first-order valence-corrected chi connectivity index (χ1v) is 11.5. The van der Waals surface area contributed by atoms with Gasteiger partial charge in [-0.25, -0.2) is 4.68 Å². The summed E-state index contributed by atoms with van der Waals surface area (Å²) in [5, 5.41) is 12.6. The lowest BCUT2D eigenvalue weighted by Crippen LogP contribution is -2.28. The molecule has 0 aliphatic heterocycles. The standard InChI is InChI=1S/C22H21ClN6O3S/c1-31-16-9-5-14(6-10-16)20-26-21(32-28-20)18-19(24)29(27-22(18)33-2)12-17(30)25-11-13-3-7-15(23)8-4-13/h3-10H,11-12,24H2,1-2H3,(H,25,30). The number of methoxy groups -OCH3 is 1. The Morgan fingerprint density at radius 2 is 1.94 bits per heavy atom. The molecule has 1 amide bonds. The van der Waals surface area contributed by atoms with Crippen LogP contribution in [-0.4, -0.2) is 39.2 Å². The molecule has 2 aromatic heterocycles. The van der Waals surface area contributed by atoms with Gasteiger partial charge in [-0.3, -0.25) is 4.79 Å². The predicted octanol–water partition coefficient (Wildman–Crippen LogP) is 3.88. The number of rotatable bonds is 8. The molecule has 3 N–H and O–H groups in total. The minimum atomic E-state index is -0.234. The first-order chi connectivity index (χ1) is 16.0. The summed E-state index contributed by atoms with van der Waals surface area (Å²) in [6.07, 6.45) is 1.86. The third-order valence-electron chi connectivity index (χ3n) is 4.84. The zero-order chi connectivity index (χ0) is 23.4. The van der Waals surface area contributed by atoms with E-state index in [4.69, 9.17) is 26.6 Å². The van der Waals surface area contributed by atoms with Crippen LogP contribution in [0.15, 0.2) is 58.1 Å². The largest absolute Gasteiger partial charge is 0.497 e. The summed E-state index contributed by atoms with van der Waals surface area (Å²) in [6.45, 7) is 0.320. The molecule has 4 aromatic rings. The molecule has 2 heterocycles. The average molecular weight is 485 g/mol. The van der Waals surface area contributed by atoms with Crippen LogP contribution in [0.5, 0.6) is 5.75 Å². The minimum absolute atomic E-state index is 0.0491. The van der Waals surface area contributed by atoms with Crippen molar-refractivity contribution in [3.05, 3.63) is 59.1 Å². The van der Waals surface area contributed by atoms with E-state index in [1.165, 1.54) is 16.4 Å². The fraction of sp³-hybridized carbons (Fsp3) is 0.182. The number of benzene rings is 2. The highest BCUT2D eigenvalue weighted by Gasteiger charge is 2.23. The first-order valence-electron chi connectivity index (χ1n) is 9.88. The van der Waals surface area contributed by atoms with Crippen LogP contribution in [0.3, 0.4) is 0 Å². The molecular formula is C22H21ClN6O3S. The lowest BCUT2D eigenvalue weighted by Gasteiger charge is -2.07. The van der Waals surface area contributed by atoms with Crippen molar-refractivity contribution in [3.63, 3.8) is 0 Å². The predicted molar refractivity (Wildman–Crippen MR) is 127 cm³/mol. The van der Waals surface area contributed by atoms with Crippen molar-refractivity contribution < 1.29 is 14.1 Å². The smallest absolute Gasteiger partial charge is 0.264 e. The first kappa shape index (κ1) is 22.7. The van der Waals surface area contributed by atoms with Gasteiger partial charge < -0.3 is 20.3 Å². The quantitative estimate of drug-likeness (QED) is 0.361. The number of carbonyl (C=O) groups is 1. The Hall–Kier alpha value is -3.50. The molecule has 0 unspecified atom stereocenters. The molecule has 2 aromatic carbocycles. The Balaban J connectivity index is 1.50. The van der Waals surface area contributed by atoms with E-state index < -0.39 is 0 Å². The van der Waals surface area contributed by atoms with Crippen LogP contribution in [0.25, 0.3) is 22.8 Å². The summed E-state index contributed by atoms with van der Waals surface area (Å²) in [4.78, 5) is 16.9. The number of nitrogen functional groups attached to an aromatic ring is 1. The Bertz CT molecular complexity index is 1250. The number of ether oxygens (including phenoxy) is 1. The number of halogens is 1. The molecule has 0 saturated heterocycles. The highest BCUT2D eigenvalue weighted by Crippen LogP contribution is 2.35. The van der Waals surface area contributed by atoms with Gasteiger partial charge in [0.15, 0.2) is 0 Å². The maximum absolute atomic E-state index is 12.5. The molecule has 4 rings (SSSR count). The second kappa shape index (κ2) is 9.97. The second-order valence-electron chi connectivity index (χ2n) is 6.98. The summed E-state index contributed by atoms with van der Waals surface area (Å²) in [6, 6.07) is 14.5. The van der Waals surface area contributed by atoms with Crippen LogP contribution in [0, 0.1) is 0 Å². The van der Waals surface area contributed by atoms with Crippen molar-refractivity contribution in [2.24, 2.45) is 0 Å². The van der Waals surface area contributed by atoms with E-state index in [-0.39, 0.29) is 24.2 Å². The van der Waals surface area contributed by atoms with Gasteiger partial charge in [0.05, 0.1) is 7.11 Å². The van der Waals surface area contributed by atoms with Gasteiger partial charge in [-0.1, -0.05) is 28.9 Å². The molecule has 0 aliphatic rings. The summed E-state index contributed by atoms with van der Waals surface area (Å²) >= 11 is 7.27. The van der Waals surface area contributed by atoms with Gasteiger partial charge in [0.1, 0.15) is 28.7 Å². The van der Waals surface area contributed by atoms with Crippen LogP contribution in [0.2, 0.25) is 5.02 Å². The van der Waals surface area contributed by atoms with E-state index in [9.17, 15) is 4.79 Å². The van der Waals surface area contributed by atoms with Crippen molar-refractivity contribution >= 4 is 35.1 Å². The van der Waals surface area contributed by atoms with E-state index >= 15 is 0 Å². The van der Waals surface area contributed by atoms with Gasteiger partial charge in [0, 0.05) is 17.1 Å². The number of nitrogens with one attached hydrogen (secondary N) is 1. The van der Waals surface area contributed by atoms with Gasteiger partial charge >= 0.3 is 0 Å². The fourth-order valence-corrected chi connectivity index (χ4v) is 3.80. The van der Waals surface area contributed by atoms with Gasteiger partial charge in [-0.05, 0) is 48.2 Å². The Morgan fingerprint density at radius 3 is 2.61 bits per heavy atom. The summed E-state index contributed by atoms with van der Waals surface area (Å²) in [7, 11) is 1.60. The van der Waals surface area contributed by atoms with Crippen LogP contribution in [0.4, 0.5) is 5.82 Å². The molecule has 0 spiro atoms. The molecule has 0 radical (unpaired) electrons. The number of aromatic nitrogens is 4. The van der Waals surface area contributed by atoms with Crippen molar-refractivity contribution in [1.29, 1.82) is 0 Å². The SMILES string of the molecule is COc1ccc(-c2noc(-c3c(SC)nn(CC(=O)NCc4ccc(Cl)cc4)c3N)n2)cc1. The van der Waals surface area contributed by atoms with E-state index in [0.29, 0.717) is 28.0 Å². The van der Waals surface area contributed by atoms with Crippen molar-refractivity contribution in [1.82, 2.24) is 25.2 Å². The van der Waals surface area contributed by atoms with Crippen molar-refractivity contribution in [3.8, 4) is 28.6 Å². The number of amides is 1. The maximum Gasteiger partial charge on any atom is 0.264 e. The highest BCUT2D eigenvalue weighted by atomic mass is 35.5. The molecule has 0 saturated carbocycles. The zero-order valence-corrected chi connectivity index (χ0v) is 19.5. The third-order valence-corrected chi connectivity index (χ3v) is 5.76. The molecule has 0 fully saturated rings. The van der Waals surface area contributed by atoms with E-state index in [2.05, 4.69) is 20.6 Å². The van der Waals surface area contributed by atoms with Gasteiger partial charge in [0.2, 0.25) is 11.7 Å². The third kappa shape index (κ3) is 5.12. The minimum Gasteiger partial charge on any atom is -0.497 e. The molecule has 9 nitrogen and oxygen atoms in total. The molecule has 0 bridgehead atoms. The normalized spacial score (nSPS) is 10.9. The number of nitrogens with zero attached hydrogens (tertiary/aromatic N) is 4. The fourth-order valence-electron chi connectivity index (χ4n) is 3.09. The molecular weight excluding hydrogens is 464 g/mol. The number of hydrogen-bond donors (Lipinski definition) is 2. The number of thioether (sulfide) groups is 1. The lowest BCUT2D eigenvalue weighted by molar-refractivity contribution is -0.122. The van der Waals surface area contributed by atoms with E-state index in [0.717, 1.165) is 16.9 Å². The number of anilines is 1. The van der Waals surface area contributed by atoms with Crippen molar-refractivity contribution in [2.75, 3.05) is 19.1 Å². The van der Waals surface area contributed by atoms with Gasteiger partial charge in [0.25, 0.3) is 5.89 Å². The molecule has 0 aliphatic carbocycles. The second-order valence-corrected chi connectivity index (χ2v) is 8.21. The van der Waals surface area contributed by atoms with Crippen LogP contribution >= 0.6 is 23.4 Å².